The molecule has 0 spiro atoms. The Bertz CT molecular complexity index is 907. The van der Waals surface area contributed by atoms with Crippen molar-refractivity contribution in [1.29, 1.82) is 0 Å². The molecule has 6 nitrogen and oxygen atoms in total. The van der Waals surface area contributed by atoms with Gasteiger partial charge in [-0.3, -0.25) is 9.59 Å². The van der Waals surface area contributed by atoms with Crippen LogP contribution in [0.25, 0.3) is 0 Å². The Hall–Kier alpha value is -2.67. The molecule has 26 heavy (non-hydrogen) atoms. The van der Waals surface area contributed by atoms with Crippen LogP contribution in [0.15, 0.2) is 53.4 Å². The highest BCUT2D eigenvalue weighted by Crippen LogP contribution is 2.18. The second-order valence-electron chi connectivity index (χ2n) is 5.96. The van der Waals surface area contributed by atoms with Crippen LogP contribution in [0.1, 0.15) is 34.3 Å². The molecule has 7 heteroatoms. The normalized spacial score (nSPS) is 12.4. The summed E-state index contributed by atoms with van der Waals surface area (Å²) in [6, 6.07) is 13.0. The third-order valence-electron chi connectivity index (χ3n) is 4.10. The number of aliphatic carboxylic acids is 1. The Morgan fingerprint density at radius 2 is 1.77 bits per heavy atom. The number of amides is 1. The Morgan fingerprint density at radius 1 is 1.12 bits per heavy atom. The van der Waals surface area contributed by atoms with E-state index >= 15 is 0 Å². The Labute approximate surface area is 152 Å². The van der Waals surface area contributed by atoms with Gasteiger partial charge in [0.25, 0.3) is 5.91 Å². The first kappa shape index (κ1) is 19.7. The summed E-state index contributed by atoms with van der Waals surface area (Å²) in [4.78, 5) is 24.1. The molecule has 0 saturated carbocycles. The van der Waals surface area contributed by atoms with E-state index in [1.54, 1.807) is 36.4 Å². The van der Waals surface area contributed by atoms with Crippen LogP contribution in [-0.2, 0) is 21.1 Å². The molecule has 2 N–H and O–H groups in total. The van der Waals surface area contributed by atoms with Gasteiger partial charge in [0.1, 0.15) is 0 Å². The van der Waals surface area contributed by atoms with Crippen molar-refractivity contribution < 1.29 is 23.1 Å². The number of nitrogens with one attached hydrogen (secondary N) is 1. The third kappa shape index (κ3) is 4.70. The van der Waals surface area contributed by atoms with Gasteiger partial charge in [-0.05, 0) is 29.7 Å². The molecule has 2 aromatic rings. The monoisotopic (exact) mass is 375 g/mol. The largest absolute Gasteiger partial charge is 0.481 e. The maximum atomic E-state index is 12.6. The lowest BCUT2D eigenvalue weighted by molar-refractivity contribution is -0.138. The fourth-order valence-corrected chi connectivity index (χ4v) is 3.28. The van der Waals surface area contributed by atoms with Crippen LogP contribution in [-0.4, -0.2) is 38.2 Å². The van der Waals surface area contributed by atoms with E-state index in [0.29, 0.717) is 17.5 Å². The molecule has 0 aromatic heterocycles. The maximum absolute atomic E-state index is 12.6. The van der Waals surface area contributed by atoms with Crippen molar-refractivity contribution in [1.82, 2.24) is 5.32 Å². The van der Waals surface area contributed by atoms with Crippen LogP contribution in [0.4, 0.5) is 0 Å². The highest BCUT2D eigenvalue weighted by Gasteiger charge is 2.22. The molecular weight excluding hydrogens is 354 g/mol. The van der Waals surface area contributed by atoms with Crippen molar-refractivity contribution in [3.63, 3.8) is 0 Å². The minimum Gasteiger partial charge on any atom is -0.481 e. The minimum atomic E-state index is -3.45. The van der Waals surface area contributed by atoms with E-state index in [-0.39, 0.29) is 17.0 Å². The third-order valence-corrected chi connectivity index (χ3v) is 5.21. The lowest BCUT2D eigenvalue weighted by Crippen LogP contribution is -2.32. The highest BCUT2D eigenvalue weighted by atomic mass is 32.2. The molecule has 1 amide bonds. The molecule has 0 heterocycles. The molecule has 138 valence electrons. The molecule has 2 rings (SSSR count). The maximum Gasteiger partial charge on any atom is 0.312 e. The molecule has 1 unspecified atom stereocenters. The molecule has 1 atom stereocenters. The van der Waals surface area contributed by atoms with Crippen LogP contribution in [0.5, 0.6) is 0 Å². The van der Waals surface area contributed by atoms with Crippen molar-refractivity contribution in [3.05, 3.63) is 65.2 Å². The van der Waals surface area contributed by atoms with E-state index in [4.69, 9.17) is 0 Å². The van der Waals surface area contributed by atoms with Gasteiger partial charge in [-0.1, -0.05) is 43.3 Å². The Morgan fingerprint density at radius 3 is 2.31 bits per heavy atom. The van der Waals surface area contributed by atoms with E-state index in [9.17, 15) is 23.1 Å². The second-order valence-corrected chi connectivity index (χ2v) is 7.97. The summed E-state index contributed by atoms with van der Waals surface area (Å²) in [6.45, 7) is 1.76. The second kappa shape index (κ2) is 8.14. The van der Waals surface area contributed by atoms with Crippen LogP contribution in [0.3, 0.4) is 0 Å². The van der Waals surface area contributed by atoms with Crippen molar-refractivity contribution in [3.8, 4) is 0 Å². The smallest absolute Gasteiger partial charge is 0.312 e. The SMILES string of the molecule is CCc1ccc(S(C)(=O)=O)cc1C(=O)NCC(C(=O)O)c1ccccc1. The van der Waals surface area contributed by atoms with Gasteiger partial charge in [0.15, 0.2) is 9.84 Å². The van der Waals surface area contributed by atoms with Gasteiger partial charge in [-0.15, -0.1) is 0 Å². The molecule has 2 aromatic carbocycles. The summed E-state index contributed by atoms with van der Waals surface area (Å²) in [7, 11) is -3.45. The van der Waals surface area contributed by atoms with Gasteiger partial charge < -0.3 is 10.4 Å². The van der Waals surface area contributed by atoms with E-state index in [2.05, 4.69) is 5.32 Å². The lowest BCUT2D eigenvalue weighted by Gasteiger charge is -2.15. The van der Waals surface area contributed by atoms with Crippen molar-refractivity contribution in [2.75, 3.05) is 12.8 Å². The first-order chi connectivity index (χ1) is 12.2. The summed E-state index contributed by atoms with van der Waals surface area (Å²) in [6.07, 6.45) is 1.62. The van der Waals surface area contributed by atoms with Crippen LogP contribution in [0.2, 0.25) is 0 Å². The van der Waals surface area contributed by atoms with Crippen molar-refractivity contribution in [2.45, 2.75) is 24.2 Å². The van der Waals surface area contributed by atoms with Crippen LogP contribution in [0, 0.1) is 0 Å². The van der Waals surface area contributed by atoms with E-state index in [0.717, 1.165) is 6.26 Å². The first-order valence-electron chi connectivity index (χ1n) is 8.13. The van der Waals surface area contributed by atoms with Gasteiger partial charge in [-0.25, -0.2) is 8.42 Å². The predicted molar refractivity (Wildman–Crippen MR) is 98.1 cm³/mol. The zero-order chi connectivity index (χ0) is 19.3. The van der Waals surface area contributed by atoms with E-state index in [1.165, 1.54) is 12.1 Å². The average molecular weight is 375 g/mol. The number of carboxylic acids is 1. The summed E-state index contributed by atoms with van der Waals surface area (Å²) >= 11 is 0. The number of rotatable bonds is 7. The predicted octanol–water partition coefficient (Wildman–Crippen LogP) is 2.25. The molecule has 0 radical (unpaired) electrons. The summed E-state index contributed by atoms with van der Waals surface area (Å²) in [5.41, 5.74) is 1.52. The standard InChI is InChI=1S/C19H21NO5S/c1-3-13-9-10-15(26(2,24)25)11-16(13)18(21)20-12-17(19(22)23)14-7-5-4-6-8-14/h4-11,17H,3,12H2,1-2H3,(H,20,21)(H,22,23). The van der Waals surface area contributed by atoms with Crippen LogP contribution < -0.4 is 5.32 Å². The number of sulfone groups is 1. The van der Waals surface area contributed by atoms with Crippen molar-refractivity contribution >= 4 is 21.7 Å². The van der Waals surface area contributed by atoms with Gasteiger partial charge in [0, 0.05) is 18.4 Å². The zero-order valence-electron chi connectivity index (χ0n) is 14.6. The Kier molecular flexibility index (Phi) is 6.15. The summed E-state index contributed by atoms with van der Waals surface area (Å²) < 4.78 is 23.5. The Balaban J connectivity index is 2.25. The number of carbonyl (C=O) groups excluding carboxylic acids is 1. The fourth-order valence-electron chi connectivity index (χ4n) is 2.63. The number of hydrogen-bond donors (Lipinski definition) is 2. The quantitative estimate of drug-likeness (QED) is 0.773. The number of benzene rings is 2. The molecule has 0 bridgehead atoms. The number of carbonyl (C=O) groups is 2. The molecule has 0 aliphatic heterocycles. The number of hydrogen-bond acceptors (Lipinski definition) is 4. The molecule has 0 saturated heterocycles. The van der Waals surface area contributed by atoms with Crippen LogP contribution >= 0.6 is 0 Å². The zero-order valence-corrected chi connectivity index (χ0v) is 15.4. The molecule has 0 aliphatic carbocycles. The topological polar surface area (TPSA) is 101 Å². The first-order valence-corrected chi connectivity index (χ1v) is 10.0. The van der Waals surface area contributed by atoms with Gasteiger partial charge in [0.05, 0.1) is 10.8 Å². The highest BCUT2D eigenvalue weighted by molar-refractivity contribution is 7.90. The van der Waals surface area contributed by atoms with E-state index < -0.39 is 27.6 Å². The van der Waals surface area contributed by atoms with E-state index in [1.807, 2.05) is 6.92 Å². The van der Waals surface area contributed by atoms with Gasteiger partial charge >= 0.3 is 5.97 Å². The minimum absolute atomic E-state index is 0.0534. The number of aryl methyl sites for hydroxylation is 1. The average Bonchev–Trinajstić information content (AvgIpc) is 2.61. The molecular formula is C19H21NO5S. The lowest BCUT2D eigenvalue weighted by atomic mass is 9.99. The molecule has 0 fully saturated rings. The molecule has 0 aliphatic rings. The number of carboxylic acid groups (broad SMARTS) is 1. The van der Waals surface area contributed by atoms with Gasteiger partial charge in [-0.2, -0.15) is 0 Å². The van der Waals surface area contributed by atoms with Gasteiger partial charge in [0.2, 0.25) is 0 Å². The summed E-state index contributed by atoms with van der Waals surface area (Å²) in [5.74, 6) is -2.42. The van der Waals surface area contributed by atoms with Crippen molar-refractivity contribution in [2.24, 2.45) is 0 Å². The summed E-state index contributed by atoms with van der Waals surface area (Å²) in [5, 5.41) is 12.0. The fraction of sp³-hybridized carbons (Fsp3) is 0.263.